The van der Waals surface area contributed by atoms with Crippen molar-refractivity contribution in [1.29, 1.82) is 0 Å². The highest BCUT2D eigenvalue weighted by Crippen LogP contribution is 2.75. The van der Waals surface area contributed by atoms with E-state index in [-0.39, 0.29) is 45.4 Å². The van der Waals surface area contributed by atoms with Crippen LogP contribution in [0, 0.1) is 50.2 Å². The zero-order valence-corrected chi connectivity index (χ0v) is 29.3. The Hall–Kier alpha value is -2.16. The molecule has 6 aliphatic rings. The van der Waals surface area contributed by atoms with Gasteiger partial charge in [0.05, 0.1) is 24.7 Å². The zero-order chi connectivity index (χ0) is 32.8. The van der Waals surface area contributed by atoms with E-state index in [1.807, 2.05) is 0 Å². The molecule has 1 aliphatic heterocycles. The average Bonchev–Trinajstić information content (AvgIpc) is 3.27. The molecule has 0 aromatic heterocycles. The number of imide groups is 1. The van der Waals surface area contributed by atoms with Crippen molar-refractivity contribution < 1.29 is 28.8 Å². The van der Waals surface area contributed by atoms with Crippen LogP contribution in [0.1, 0.15) is 119 Å². The van der Waals surface area contributed by atoms with Gasteiger partial charge in [-0.3, -0.25) is 19.7 Å². The van der Waals surface area contributed by atoms with E-state index in [1.54, 1.807) is 7.11 Å². The molecule has 0 aromatic rings. The number of carbonyl (C=O) groups excluding carboxylic acids is 4. The van der Waals surface area contributed by atoms with Gasteiger partial charge in [0.25, 0.3) is 5.24 Å². The van der Waals surface area contributed by atoms with Crippen LogP contribution in [0.15, 0.2) is 16.8 Å². The highest BCUT2D eigenvalue weighted by Gasteiger charge is 2.69. The van der Waals surface area contributed by atoms with Crippen molar-refractivity contribution in [3.05, 3.63) is 11.6 Å². The van der Waals surface area contributed by atoms with Gasteiger partial charge in [-0.1, -0.05) is 77.0 Å². The number of amides is 2. The van der Waals surface area contributed by atoms with Crippen molar-refractivity contribution in [2.45, 2.75) is 124 Å². The second-order valence-corrected chi connectivity index (χ2v) is 18.3. The molecule has 1 saturated heterocycles. The fraction of sp³-hybridized carbons (Fsp3) is 0.806. The van der Waals surface area contributed by atoms with Gasteiger partial charge in [-0.05, 0) is 104 Å². The van der Waals surface area contributed by atoms with E-state index in [2.05, 4.69) is 65.0 Å². The summed E-state index contributed by atoms with van der Waals surface area (Å²) in [5.41, 5.74) is 2.22. The Kier molecular flexibility index (Phi) is 7.78. The Bertz CT molecular complexity index is 1380. The van der Waals surface area contributed by atoms with E-state index in [4.69, 9.17) is 9.57 Å². The largest absolute Gasteiger partial charge is 0.469 e. The minimum Gasteiger partial charge on any atom is -0.469 e. The predicted octanol–water partition coefficient (Wildman–Crippen LogP) is 7.60. The molecule has 6 rings (SSSR count). The van der Waals surface area contributed by atoms with Crippen LogP contribution in [0.3, 0.4) is 0 Å². The summed E-state index contributed by atoms with van der Waals surface area (Å²) in [4.78, 5) is 54.9. The summed E-state index contributed by atoms with van der Waals surface area (Å²) in [7, 11) is 1.56. The normalized spacial score (nSPS) is 44.0. The maximum atomic E-state index is 13.5. The minimum atomic E-state index is -0.758. The number of fused-ring (bicyclic) bond motifs is 7. The summed E-state index contributed by atoms with van der Waals surface area (Å²) < 4.78 is 5.52. The van der Waals surface area contributed by atoms with Crippen molar-refractivity contribution in [1.82, 2.24) is 5.32 Å². The first-order valence-electron chi connectivity index (χ1n) is 17.0. The number of methoxy groups -OCH3 is 1. The Morgan fingerprint density at radius 3 is 2.36 bits per heavy atom. The quantitative estimate of drug-likeness (QED) is 0.146. The van der Waals surface area contributed by atoms with Crippen molar-refractivity contribution >= 4 is 40.6 Å². The SMILES string of the molecule is COC(=O)[C@]12CCC(C)(C)C[C@@H]1C1=CC[C@@H]3[C@@]4(C)CC/C(=N/OC(=O)C[C@H]5SC(=O)NC5=O)C(C)(C)[C@H]4CC[C@@]3(C)[C@]1(C)CC2. The molecule has 1 N–H and O–H groups in total. The van der Waals surface area contributed by atoms with Crippen LogP contribution in [0.4, 0.5) is 4.79 Å². The Morgan fingerprint density at radius 1 is 0.978 bits per heavy atom. The lowest BCUT2D eigenvalue weighted by atomic mass is 9.33. The smallest absolute Gasteiger partial charge is 0.336 e. The fourth-order valence-electron chi connectivity index (χ4n) is 11.6. The third kappa shape index (κ3) is 4.78. The van der Waals surface area contributed by atoms with Crippen LogP contribution < -0.4 is 5.32 Å². The summed E-state index contributed by atoms with van der Waals surface area (Å²) in [6, 6.07) is 0. The van der Waals surface area contributed by atoms with Gasteiger partial charge in [-0.15, -0.1) is 0 Å². The van der Waals surface area contributed by atoms with Crippen LogP contribution in [0.5, 0.6) is 0 Å². The van der Waals surface area contributed by atoms with Crippen molar-refractivity contribution in [3.8, 4) is 0 Å². The van der Waals surface area contributed by atoms with Gasteiger partial charge in [-0.25, -0.2) is 4.79 Å². The number of nitrogens with one attached hydrogen (secondary N) is 1. The lowest BCUT2D eigenvalue weighted by Crippen LogP contribution is -2.64. The molecular formula is C36H52N2O6S. The van der Waals surface area contributed by atoms with E-state index in [9.17, 15) is 19.2 Å². The fourth-order valence-corrected chi connectivity index (χ4v) is 12.4. The lowest BCUT2D eigenvalue weighted by Gasteiger charge is -2.70. The molecule has 8 nitrogen and oxygen atoms in total. The molecule has 0 spiro atoms. The third-order valence-electron chi connectivity index (χ3n) is 14.4. The van der Waals surface area contributed by atoms with E-state index < -0.39 is 27.8 Å². The van der Waals surface area contributed by atoms with Gasteiger partial charge in [0.2, 0.25) is 5.91 Å². The van der Waals surface area contributed by atoms with Gasteiger partial charge >= 0.3 is 11.9 Å². The number of allylic oxidation sites excluding steroid dienone is 2. The van der Waals surface area contributed by atoms with Crippen LogP contribution in [-0.4, -0.2) is 41.2 Å². The Balaban J connectivity index is 1.26. The number of hydrogen-bond acceptors (Lipinski definition) is 8. The molecule has 248 valence electrons. The standard InChI is InChI=1S/C36H52N2O6S/c1-31(2)15-17-36(29(41)43-8)18-16-34(6)21(22(36)20-31)9-10-25-33(5)13-12-26(32(3,4)24(33)11-14-35(25,34)7)38-44-27(39)19-23-28(40)37-30(42)45-23/h9,22-25H,10-20H2,1-8H3,(H,37,40,42)/b38-26-/t22-,23-,24-,25-,33+,34-,35-,36+/m1/s1. The molecular weight excluding hydrogens is 588 g/mol. The second kappa shape index (κ2) is 10.7. The number of carbonyl (C=O) groups is 4. The summed E-state index contributed by atoms with van der Waals surface area (Å²) in [5.74, 6) is 0.0713. The molecule has 8 atom stereocenters. The van der Waals surface area contributed by atoms with Gasteiger partial charge in [0.1, 0.15) is 5.25 Å². The molecule has 2 amide bonds. The topological polar surface area (TPSA) is 111 Å². The van der Waals surface area contributed by atoms with Gasteiger partial charge < -0.3 is 9.57 Å². The molecule has 1 heterocycles. The summed E-state index contributed by atoms with van der Waals surface area (Å²) in [6.07, 6.45) is 12.3. The van der Waals surface area contributed by atoms with E-state index in [1.165, 1.54) is 5.57 Å². The number of rotatable bonds is 4. The van der Waals surface area contributed by atoms with Crippen molar-refractivity contribution in [3.63, 3.8) is 0 Å². The predicted molar refractivity (Wildman–Crippen MR) is 174 cm³/mol. The highest BCUT2D eigenvalue weighted by molar-refractivity contribution is 8.15. The maximum Gasteiger partial charge on any atom is 0.336 e. The summed E-state index contributed by atoms with van der Waals surface area (Å²) in [5, 5.41) is 5.45. The third-order valence-corrected chi connectivity index (χ3v) is 15.4. The number of thioether (sulfide) groups is 1. The maximum absolute atomic E-state index is 13.5. The molecule has 0 radical (unpaired) electrons. The van der Waals surface area contributed by atoms with Gasteiger partial charge in [-0.2, -0.15) is 0 Å². The summed E-state index contributed by atoms with van der Waals surface area (Å²) >= 11 is 0.827. The Morgan fingerprint density at radius 2 is 1.69 bits per heavy atom. The number of nitrogens with zero attached hydrogens (tertiary/aromatic N) is 1. The van der Waals surface area contributed by atoms with Gasteiger partial charge in [0.15, 0.2) is 0 Å². The van der Waals surface area contributed by atoms with Crippen molar-refractivity contribution in [2.24, 2.45) is 55.4 Å². The van der Waals surface area contributed by atoms with E-state index in [0.717, 1.165) is 81.7 Å². The van der Waals surface area contributed by atoms with Crippen LogP contribution >= 0.6 is 11.8 Å². The van der Waals surface area contributed by atoms with Crippen LogP contribution in [-0.2, 0) is 24.0 Å². The molecule has 0 bridgehead atoms. The van der Waals surface area contributed by atoms with Crippen molar-refractivity contribution in [2.75, 3.05) is 7.11 Å². The monoisotopic (exact) mass is 640 g/mol. The molecule has 45 heavy (non-hydrogen) atoms. The molecule has 0 aromatic carbocycles. The molecule has 5 fully saturated rings. The average molecular weight is 641 g/mol. The second-order valence-electron chi connectivity index (χ2n) is 17.2. The Labute approximate surface area is 272 Å². The first kappa shape index (κ1) is 32.8. The van der Waals surface area contributed by atoms with E-state index in [0.29, 0.717) is 11.8 Å². The minimum absolute atomic E-state index is 0.00537. The first-order chi connectivity index (χ1) is 20.9. The molecule has 4 saturated carbocycles. The number of hydrogen-bond donors (Lipinski definition) is 1. The first-order valence-corrected chi connectivity index (χ1v) is 17.9. The number of esters is 1. The number of ether oxygens (including phenoxy) is 1. The van der Waals surface area contributed by atoms with Gasteiger partial charge in [0, 0.05) is 5.41 Å². The molecule has 5 aliphatic carbocycles. The molecule has 0 unspecified atom stereocenters. The lowest BCUT2D eigenvalue weighted by molar-refractivity contribution is -0.181. The highest BCUT2D eigenvalue weighted by atomic mass is 32.2. The van der Waals surface area contributed by atoms with Crippen LogP contribution in [0.25, 0.3) is 0 Å². The van der Waals surface area contributed by atoms with E-state index >= 15 is 0 Å². The van der Waals surface area contributed by atoms with Crippen LogP contribution in [0.2, 0.25) is 0 Å². The number of oxime groups is 1. The summed E-state index contributed by atoms with van der Waals surface area (Å²) in [6.45, 7) is 16.8. The zero-order valence-electron chi connectivity index (χ0n) is 28.5. The molecule has 9 heteroatoms.